The number of benzene rings is 2. The molecule has 0 radical (unpaired) electrons. The van der Waals surface area contributed by atoms with Crippen molar-refractivity contribution >= 4 is 11.6 Å². The molecule has 0 bridgehead atoms. The van der Waals surface area contributed by atoms with Gasteiger partial charge in [-0.25, -0.2) is 0 Å². The predicted octanol–water partition coefficient (Wildman–Crippen LogP) is 3.28. The fourth-order valence-corrected chi connectivity index (χ4v) is 2.23. The van der Waals surface area contributed by atoms with E-state index in [0.717, 1.165) is 5.56 Å². The van der Waals surface area contributed by atoms with Crippen LogP contribution in [0.15, 0.2) is 42.5 Å². The lowest BCUT2D eigenvalue weighted by Crippen LogP contribution is -2.13. The Morgan fingerprint density at radius 1 is 0.957 bits per heavy atom. The number of anilines is 1. The van der Waals surface area contributed by atoms with Gasteiger partial charge < -0.3 is 19.5 Å². The van der Waals surface area contributed by atoms with Gasteiger partial charge in [0.15, 0.2) is 0 Å². The van der Waals surface area contributed by atoms with E-state index in [-0.39, 0.29) is 5.91 Å². The zero-order valence-corrected chi connectivity index (χ0v) is 13.6. The molecule has 0 aliphatic rings. The van der Waals surface area contributed by atoms with Crippen molar-refractivity contribution in [2.45, 2.75) is 12.8 Å². The quantitative estimate of drug-likeness (QED) is 0.852. The van der Waals surface area contributed by atoms with Crippen molar-refractivity contribution in [1.29, 1.82) is 0 Å². The van der Waals surface area contributed by atoms with Gasteiger partial charge in [0, 0.05) is 12.5 Å². The minimum Gasteiger partial charge on any atom is -0.497 e. The molecule has 0 atom stereocenters. The average Bonchev–Trinajstić information content (AvgIpc) is 2.60. The van der Waals surface area contributed by atoms with E-state index < -0.39 is 0 Å². The van der Waals surface area contributed by atoms with Gasteiger partial charge in [-0.05, 0) is 36.2 Å². The molecule has 0 aliphatic carbocycles. The molecule has 0 fully saturated rings. The molecule has 122 valence electrons. The lowest BCUT2D eigenvalue weighted by molar-refractivity contribution is -0.116. The zero-order chi connectivity index (χ0) is 16.7. The van der Waals surface area contributed by atoms with Crippen LogP contribution in [0.2, 0.25) is 0 Å². The minimum atomic E-state index is -0.0729. The topological polar surface area (TPSA) is 56.8 Å². The molecular formula is C18H21NO4. The first kappa shape index (κ1) is 16.7. The van der Waals surface area contributed by atoms with Gasteiger partial charge in [-0.1, -0.05) is 12.1 Å². The van der Waals surface area contributed by atoms with Crippen molar-refractivity contribution in [1.82, 2.24) is 0 Å². The third kappa shape index (κ3) is 4.64. The number of nitrogens with one attached hydrogen (secondary N) is 1. The summed E-state index contributed by atoms with van der Waals surface area (Å²) >= 11 is 0. The van der Waals surface area contributed by atoms with Crippen molar-refractivity contribution in [2.24, 2.45) is 0 Å². The number of hydrogen-bond acceptors (Lipinski definition) is 4. The summed E-state index contributed by atoms with van der Waals surface area (Å²) in [5, 5.41) is 2.86. The summed E-state index contributed by atoms with van der Waals surface area (Å²) in [5.41, 5.74) is 1.65. The Morgan fingerprint density at radius 2 is 1.61 bits per heavy atom. The van der Waals surface area contributed by atoms with Gasteiger partial charge in [0.05, 0.1) is 27.0 Å². The van der Waals surface area contributed by atoms with Crippen LogP contribution in [0.1, 0.15) is 12.0 Å². The highest BCUT2D eigenvalue weighted by Gasteiger charge is 2.08. The maximum atomic E-state index is 12.1. The monoisotopic (exact) mass is 315 g/mol. The zero-order valence-electron chi connectivity index (χ0n) is 13.6. The highest BCUT2D eigenvalue weighted by molar-refractivity contribution is 5.92. The van der Waals surface area contributed by atoms with Crippen molar-refractivity contribution < 1.29 is 19.0 Å². The summed E-state index contributed by atoms with van der Waals surface area (Å²) in [6.45, 7) is 0. The van der Waals surface area contributed by atoms with Crippen LogP contribution in [0.25, 0.3) is 0 Å². The number of carbonyl (C=O) groups is 1. The van der Waals surface area contributed by atoms with Crippen LogP contribution in [0, 0.1) is 0 Å². The number of amides is 1. The van der Waals surface area contributed by atoms with Crippen LogP contribution in [-0.4, -0.2) is 27.2 Å². The molecule has 2 rings (SSSR count). The number of aryl methyl sites for hydroxylation is 1. The largest absolute Gasteiger partial charge is 0.497 e. The highest BCUT2D eigenvalue weighted by atomic mass is 16.5. The molecular weight excluding hydrogens is 294 g/mol. The van der Waals surface area contributed by atoms with E-state index in [2.05, 4.69) is 5.32 Å². The second-order valence-corrected chi connectivity index (χ2v) is 4.97. The van der Waals surface area contributed by atoms with Gasteiger partial charge in [-0.15, -0.1) is 0 Å². The summed E-state index contributed by atoms with van der Waals surface area (Å²) in [6, 6.07) is 12.9. The van der Waals surface area contributed by atoms with E-state index in [9.17, 15) is 4.79 Å². The second kappa shape index (κ2) is 8.08. The van der Waals surface area contributed by atoms with E-state index in [1.807, 2.05) is 36.4 Å². The molecule has 0 unspecified atom stereocenters. The molecule has 5 heteroatoms. The van der Waals surface area contributed by atoms with Gasteiger partial charge in [0.25, 0.3) is 0 Å². The van der Waals surface area contributed by atoms with Crippen LogP contribution < -0.4 is 19.5 Å². The average molecular weight is 315 g/mol. The molecule has 23 heavy (non-hydrogen) atoms. The molecule has 0 spiro atoms. The SMILES string of the molecule is COc1cc(CCC(=O)Nc2ccccc2OC)cc(OC)c1. The van der Waals surface area contributed by atoms with Crippen molar-refractivity contribution in [3.63, 3.8) is 0 Å². The van der Waals surface area contributed by atoms with Crippen LogP contribution in [0.5, 0.6) is 17.2 Å². The maximum Gasteiger partial charge on any atom is 0.224 e. The van der Waals surface area contributed by atoms with Crippen molar-refractivity contribution in [3.05, 3.63) is 48.0 Å². The third-order valence-electron chi connectivity index (χ3n) is 3.43. The van der Waals surface area contributed by atoms with Crippen molar-refractivity contribution in [2.75, 3.05) is 26.6 Å². The van der Waals surface area contributed by atoms with Gasteiger partial charge in [-0.2, -0.15) is 0 Å². The van der Waals surface area contributed by atoms with Crippen LogP contribution >= 0.6 is 0 Å². The Bertz CT molecular complexity index is 648. The second-order valence-electron chi connectivity index (χ2n) is 4.97. The van der Waals surface area contributed by atoms with Crippen LogP contribution in [0.4, 0.5) is 5.69 Å². The Kier molecular flexibility index (Phi) is 5.86. The number of rotatable bonds is 7. The van der Waals surface area contributed by atoms with Crippen LogP contribution in [0.3, 0.4) is 0 Å². The Morgan fingerprint density at radius 3 is 2.22 bits per heavy atom. The first-order chi connectivity index (χ1) is 11.2. The van der Waals surface area contributed by atoms with E-state index in [0.29, 0.717) is 35.8 Å². The maximum absolute atomic E-state index is 12.1. The number of para-hydroxylation sites is 2. The first-order valence-electron chi connectivity index (χ1n) is 7.31. The van der Waals surface area contributed by atoms with E-state index in [1.165, 1.54) is 0 Å². The van der Waals surface area contributed by atoms with E-state index in [1.54, 1.807) is 27.4 Å². The summed E-state index contributed by atoms with van der Waals surface area (Å²) in [5.74, 6) is 1.99. The summed E-state index contributed by atoms with van der Waals surface area (Å²) in [7, 11) is 4.79. The standard InChI is InChI=1S/C18H21NO4/c1-21-14-10-13(11-15(12-14)22-2)8-9-18(20)19-16-6-4-5-7-17(16)23-3/h4-7,10-12H,8-9H2,1-3H3,(H,19,20). The summed E-state index contributed by atoms with van der Waals surface area (Å²) in [4.78, 5) is 12.1. The van der Waals surface area contributed by atoms with Crippen LogP contribution in [-0.2, 0) is 11.2 Å². The number of carbonyl (C=O) groups excluding carboxylic acids is 1. The van der Waals surface area contributed by atoms with Gasteiger partial charge in [0.2, 0.25) is 5.91 Å². The van der Waals surface area contributed by atoms with Gasteiger partial charge in [-0.3, -0.25) is 4.79 Å². The molecule has 2 aromatic carbocycles. The molecule has 0 aliphatic heterocycles. The lowest BCUT2D eigenvalue weighted by atomic mass is 10.1. The molecule has 1 amide bonds. The predicted molar refractivity (Wildman–Crippen MR) is 89.5 cm³/mol. The third-order valence-corrected chi connectivity index (χ3v) is 3.43. The lowest BCUT2D eigenvalue weighted by Gasteiger charge is -2.11. The number of ether oxygens (including phenoxy) is 3. The first-order valence-corrected chi connectivity index (χ1v) is 7.31. The van der Waals surface area contributed by atoms with E-state index in [4.69, 9.17) is 14.2 Å². The van der Waals surface area contributed by atoms with E-state index >= 15 is 0 Å². The fraction of sp³-hybridized carbons (Fsp3) is 0.278. The molecule has 0 saturated carbocycles. The normalized spacial score (nSPS) is 10.0. The minimum absolute atomic E-state index is 0.0729. The number of methoxy groups -OCH3 is 3. The molecule has 0 saturated heterocycles. The smallest absolute Gasteiger partial charge is 0.224 e. The Hall–Kier alpha value is -2.69. The molecule has 5 nitrogen and oxygen atoms in total. The highest BCUT2D eigenvalue weighted by Crippen LogP contribution is 2.25. The summed E-state index contributed by atoms with van der Waals surface area (Å²) < 4.78 is 15.7. The van der Waals surface area contributed by atoms with Gasteiger partial charge >= 0.3 is 0 Å². The van der Waals surface area contributed by atoms with Crippen molar-refractivity contribution in [3.8, 4) is 17.2 Å². The fourth-order valence-electron chi connectivity index (χ4n) is 2.23. The Labute approximate surface area is 136 Å². The summed E-state index contributed by atoms with van der Waals surface area (Å²) in [6.07, 6.45) is 0.947. The molecule has 1 N–H and O–H groups in total. The molecule has 0 heterocycles. The number of hydrogen-bond donors (Lipinski definition) is 1. The molecule has 2 aromatic rings. The molecule has 0 aromatic heterocycles. The van der Waals surface area contributed by atoms with Gasteiger partial charge in [0.1, 0.15) is 17.2 Å². The Balaban J connectivity index is 1.99.